The zero-order valence-corrected chi connectivity index (χ0v) is 13.0. The van der Waals surface area contributed by atoms with Crippen LogP contribution in [0, 0.1) is 11.3 Å². The number of nitrogens with zero attached hydrogens (tertiary/aromatic N) is 2. The SMILES string of the molecule is N#Cc1cc(NCCNC(=O)c2ccccc2)c2ccccc2n1. The summed E-state index contributed by atoms with van der Waals surface area (Å²) in [6, 6.07) is 20.5. The molecule has 3 rings (SSSR count). The molecule has 1 heterocycles. The Balaban J connectivity index is 1.64. The monoisotopic (exact) mass is 316 g/mol. The van der Waals surface area contributed by atoms with Crippen LogP contribution in [-0.4, -0.2) is 24.0 Å². The summed E-state index contributed by atoms with van der Waals surface area (Å²) in [4.78, 5) is 16.3. The van der Waals surface area contributed by atoms with Crippen molar-refractivity contribution in [3.8, 4) is 6.07 Å². The van der Waals surface area contributed by atoms with Crippen LogP contribution in [0.4, 0.5) is 5.69 Å². The van der Waals surface area contributed by atoms with Gasteiger partial charge in [0.15, 0.2) is 0 Å². The van der Waals surface area contributed by atoms with Crippen LogP contribution in [0.3, 0.4) is 0 Å². The number of pyridine rings is 1. The standard InChI is InChI=1S/C19H16N4O/c20-13-15-12-18(16-8-4-5-9-17(16)23-15)21-10-11-22-19(24)14-6-2-1-3-7-14/h1-9,12H,10-11H2,(H,21,23)(H,22,24). The lowest BCUT2D eigenvalue weighted by molar-refractivity contribution is 0.0955. The van der Waals surface area contributed by atoms with Gasteiger partial charge < -0.3 is 10.6 Å². The van der Waals surface area contributed by atoms with Crippen LogP contribution in [0.2, 0.25) is 0 Å². The molecule has 0 fully saturated rings. The molecule has 0 bridgehead atoms. The summed E-state index contributed by atoms with van der Waals surface area (Å²) in [5, 5.41) is 16.2. The van der Waals surface area contributed by atoms with Crippen LogP contribution in [-0.2, 0) is 0 Å². The van der Waals surface area contributed by atoms with Gasteiger partial charge in [-0.3, -0.25) is 4.79 Å². The number of amides is 1. The van der Waals surface area contributed by atoms with Crippen LogP contribution in [0.5, 0.6) is 0 Å². The van der Waals surface area contributed by atoms with E-state index in [0.29, 0.717) is 24.3 Å². The van der Waals surface area contributed by atoms with E-state index in [1.165, 1.54) is 0 Å². The molecule has 0 aliphatic rings. The highest BCUT2D eigenvalue weighted by molar-refractivity contribution is 5.94. The van der Waals surface area contributed by atoms with Crippen LogP contribution < -0.4 is 10.6 Å². The summed E-state index contributed by atoms with van der Waals surface area (Å²) in [5.74, 6) is -0.102. The molecule has 3 aromatic rings. The summed E-state index contributed by atoms with van der Waals surface area (Å²) < 4.78 is 0. The van der Waals surface area contributed by atoms with Gasteiger partial charge in [-0.15, -0.1) is 0 Å². The van der Waals surface area contributed by atoms with Crippen LogP contribution in [0.1, 0.15) is 16.1 Å². The molecule has 0 aliphatic carbocycles. The van der Waals surface area contributed by atoms with Crippen molar-refractivity contribution >= 4 is 22.5 Å². The second-order valence-corrected chi connectivity index (χ2v) is 5.23. The molecular formula is C19H16N4O. The van der Waals surface area contributed by atoms with Gasteiger partial charge in [0, 0.05) is 29.7 Å². The zero-order chi connectivity index (χ0) is 16.8. The number of benzene rings is 2. The number of hydrogen-bond acceptors (Lipinski definition) is 4. The number of aromatic nitrogens is 1. The summed E-state index contributed by atoms with van der Waals surface area (Å²) in [6.07, 6.45) is 0. The van der Waals surface area contributed by atoms with Crippen LogP contribution >= 0.6 is 0 Å². The molecule has 5 heteroatoms. The summed E-state index contributed by atoms with van der Waals surface area (Å²) in [7, 11) is 0. The lowest BCUT2D eigenvalue weighted by Crippen LogP contribution is -2.28. The molecule has 0 aliphatic heterocycles. The Morgan fingerprint density at radius 3 is 2.58 bits per heavy atom. The van der Waals surface area contributed by atoms with Crippen LogP contribution in [0.25, 0.3) is 10.9 Å². The Labute approximate surface area is 140 Å². The van der Waals surface area contributed by atoms with Crippen molar-refractivity contribution in [2.24, 2.45) is 0 Å². The topological polar surface area (TPSA) is 77.8 Å². The molecule has 118 valence electrons. The molecule has 1 amide bonds. The first-order valence-corrected chi connectivity index (χ1v) is 7.65. The highest BCUT2D eigenvalue weighted by Gasteiger charge is 2.06. The van der Waals surface area contributed by atoms with Crippen molar-refractivity contribution < 1.29 is 4.79 Å². The fraction of sp³-hybridized carbons (Fsp3) is 0.105. The average Bonchev–Trinajstić information content (AvgIpc) is 2.65. The summed E-state index contributed by atoms with van der Waals surface area (Å²) in [6.45, 7) is 1.03. The van der Waals surface area contributed by atoms with Gasteiger partial charge in [0.1, 0.15) is 11.8 Å². The van der Waals surface area contributed by atoms with E-state index in [2.05, 4.69) is 21.7 Å². The number of carbonyl (C=O) groups is 1. The zero-order valence-electron chi connectivity index (χ0n) is 13.0. The minimum Gasteiger partial charge on any atom is -0.383 e. The molecule has 24 heavy (non-hydrogen) atoms. The first-order chi connectivity index (χ1) is 11.8. The molecule has 5 nitrogen and oxygen atoms in total. The summed E-state index contributed by atoms with van der Waals surface area (Å²) in [5.41, 5.74) is 2.61. The van der Waals surface area contributed by atoms with Crippen molar-refractivity contribution in [2.45, 2.75) is 0 Å². The minimum absolute atomic E-state index is 0.102. The molecule has 2 N–H and O–H groups in total. The van der Waals surface area contributed by atoms with Gasteiger partial charge in [0.25, 0.3) is 5.91 Å². The van der Waals surface area contributed by atoms with Gasteiger partial charge >= 0.3 is 0 Å². The Hall–Kier alpha value is -3.39. The highest BCUT2D eigenvalue weighted by atomic mass is 16.1. The van der Waals surface area contributed by atoms with Gasteiger partial charge in [0.05, 0.1) is 5.52 Å². The van der Waals surface area contributed by atoms with Crippen LogP contribution in [0.15, 0.2) is 60.7 Å². The van der Waals surface area contributed by atoms with Gasteiger partial charge in [-0.2, -0.15) is 5.26 Å². The fourth-order valence-electron chi connectivity index (χ4n) is 2.44. The van der Waals surface area contributed by atoms with Gasteiger partial charge in [-0.1, -0.05) is 36.4 Å². The number of anilines is 1. The number of nitriles is 1. The van der Waals surface area contributed by atoms with E-state index in [9.17, 15) is 4.79 Å². The van der Waals surface area contributed by atoms with E-state index in [0.717, 1.165) is 16.6 Å². The Morgan fingerprint density at radius 2 is 1.79 bits per heavy atom. The van der Waals surface area contributed by atoms with Crippen molar-refractivity contribution in [2.75, 3.05) is 18.4 Å². The van der Waals surface area contributed by atoms with E-state index in [-0.39, 0.29) is 5.91 Å². The summed E-state index contributed by atoms with van der Waals surface area (Å²) >= 11 is 0. The fourth-order valence-corrected chi connectivity index (χ4v) is 2.44. The van der Waals surface area contributed by atoms with Crippen molar-refractivity contribution in [1.29, 1.82) is 5.26 Å². The molecule has 1 aromatic heterocycles. The Kier molecular flexibility index (Phi) is 4.68. The average molecular weight is 316 g/mol. The van der Waals surface area contributed by atoms with Gasteiger partial charge in [-0.25, -0.2) is 4.98 Å². The number of hydrogen-bond donors (Lipinski definition) is 2. The third-order valence-corrected chi connectivity index (χ3v) is 3.59. The predicted octanol–water partition coefficient (Wildman–Crippen LogP) is 2.95. The highest BCUT2D eigenvalue weighted by Crippen LogP contribution is 2.22. The van der Waals surface area contributed by atoms with E-state index < -0.39 is 0 Å². The van der Waals surface area contributed by atoms with Gasteiger partial charge in [-0.05, 0) is 24.3 Å². The predicted molar refractivity (Wildman–Crippen MR) is 93.7 cm³/mol. The molecule has 2 aromatic carbocycles. The quantitative estimate of drug-likeness (QED) is 0.709. The lowest BCUT2D eigenvalue weighted by atomic mass is 10.1. The number of nitrogens with one attached hydrogen (secondary N) is 2. The maximum atomic E-state index is 12.0. The molecule has 0 saturated carbocycles. The van der Waals surface area contributed by atoms with Crippen molar-refractivity contribution in [3.05, 3.63) is 71.9 Å². The Morgan fingerprint density at radius 1 is 1.04 bits per heavy atom. The Bertz CT molecular complexity index is 900. The maximum Gasteiger partial charge on any atom is 0.251 e. The van der Waals surface area contributed by atoms with E-state index in [1.54, 1.807) is 18.2 Å². The largest absolute Gasteiger partial charge is 0.383 e. The molecule has 0 unspecified atom stereocenters. The van der Waals surface area contributed by atoms with E-state index >= 15 is 0 Å². The first kappa shape index (κ1) is 15.5. The minimum atomic E-state index is -0.102. The number of fused-ring (bicyclic) bond motifs is 1. The third-order valence-electron chi connectivity index (χ3n) is 3.59. The number of rotatable bonds is 5. The molecule has 0 radical (unpaired) electrons. The number of carbonyl (C=O) groups excluding carboxylic acids is 1. The second kappa shape index (κ2) is 7.25. The maximum absolute atomic E-state index is 12.0. The second-order valence-electron chi connectivity index (χ2n) is 5.23. The third kappa shape index (κ3) is 3.50. The first-order valence-electron chi connectivity index (χ1n) is 7.65. The lowest BCUT2D eigenvalue weighted by Gasteiger charge is -2.11. The number of para-hydroxylation sites is 1. The van der Waals surface area contributed by atoms with E-state index in [4.69, 9.17) is 5.26 Å². The molecule has 0 spiro atoms. The smallest absolute Gasteiger partial charge is 0.251 e. The normalized spacial score (nSPS) is 10.1. The van der Waals surface area contributed by atoms with Crippen molar-refractivity contribution in [1.82, 2.24) is 10.3 Å². The molecule has 0 saturated heterocycles. The molecular weight excluding hydrogens is 300 g/mol. The van der Waals surface area contributed by atoms with E-state index in [1.807, 2.05) is 42.5 Å². The van der Waals surface area contributed by atoms with Gasteiger partial charge in [0.2, 0.25) is 0 Å². The molecule has 0 atom stereocenters. The van der Waals surface area contributed by atoms with Crippen molar-refractivity contribution in [3.63, 3.8) is 0 Å².